The van der Waals surface area contributed by atoms with Crippen LogP contribution in [0.1, 0.15) is 16.8 Å². The highest BCUT2D eigenvalue weighted by atomic mass is 19.4. The predicted octanol–water partition coefficient (Wildman–Crippen LogP) is 3.56. The third kappa shape index (κ3) is 2.12. The highest BCUT2D eigenvalue weighted by Crippen LogP contribution is 2.46. The van der Waals surface area contributed by atoms with E-state index >= 15 is 0 Å². The summed E-state index contributed by atoms with van der Waals surface area (Å²) in [6.07, 6.45) is -4.76. The van der Waals surface area contributed by atoms with Gasteiger partial charge in [-0.25, -0.2) is 0 Å². The summed E-state index contributed by atoms with van der Waals surface area (Å²) in [6.45, 7) is -0.144. The van der Waals surface area contributed by atoms with Crippen molar-refractivity contribution in [1.82, 2.24) is 5.32 Å². The Morgan fingerprint density at radius 2 is 1.81 bits per heavy atom. The maximum Gasteiger partial charge on any atom is 0.402 e. The number of hydrogen-bond donors (Lipinski definition) is 1. The molecule has 1 atom stereocenters. The molecular weight excluding hydrogens is 279 g/mol. The van der Waals surface area contributed by atoms with E-state index in [9.17, 15) is 18.0 Å². The Morgan fingerprint density at radius 3 is 2.48 bits per heavy atom. The summed E-state index contributed by atoms with van der Waals surface area (Å²) < 4.78 is 40.5. The van der Waals surface area contributed by atoms with Gasteiger partial charge < -0.3 is 5.32 Å². The third-order valence-electron chi connectivity index (χ3n) is 4.17. The zero-order valence-electron chi connectivity index (χ0n) is 11.2. The molecule has 1 aliphatic rings. The van der Waals surface area contributed by atoms with Gasteiger partial charge in [-0.3, -0.25) is 4.79 Å². The van der Waals surface area contributed by atoms with Crippen LogP contribution in [-0.4, -0.2) is 25.0 Å². The van der Waals surface area contributed by atoms with Gasteiger partial charge in [0.25, 0.3) is 0 Å². The van der Waals surface area contributed by atoms with Crippen LogP contribution in [0.25, 0.3) is 10.8 Å². The van der Waals surface area contributed by atoms with Gasteiger partial charge in [-0.15, -0.1) is 0 Å². The average molecular weight is 293 g/mol. The molecule has 0 amide bonds. The molecule has 0 radical (unpaired) electrons. The van der Waals surface area contributed by atoms with E-state index in [4.69, 9.17) is 0 Å². The second-order valence-electron chi connectivity index (χ2n) is 5.36. The minimum atomic E-state index is -4.55. The molecule has 0 bridgehead atoms. The molecule has 1 unspecified atom stereocenters. The van der Waals surface area contributed by atoms with E-state index in [1.807, 2.05) is 0 Å². The zero-order valence-corrected chi connectivity index (χ0v) is 11.2. The van der Waals surface area contributed by atoms with Gasteiger partial charge in [0.15, 0.2) is 5.78 Å². The lowest BCUT2D eigenvalue weighted by Gasteiger charge is -2.29. The summed E-state index contributed by atoms with van der Waals surface area (Å²) in [5.41, 5.74) is -2.16. The third-order valence-corrected chi connectivity index (χ3v) is 4.17. The van der Waals surface area contributed by atoms with Crippen LogP contribution in [0.3, 0.4) is 0 Å². The first-order chi connectivity index (χ1) is 9.96. The SMILES string of the molecule is O=C(c1cccc2ccccc12)C1(C(F)(F)F)CCNC1. The van der Waals surface area contributed by atoms with E-state index < -0.39 is 17.4 Å². The first kappa shape index (κ1) is 14.1. The lowest BCUT2D eigenvalue weighted by atomic mass is 9.77. The van der Waals surface area contributed by atoms with Crippen molar-refractivity contribution >= 4 is 16.6 Å². The van der Waals surface area contributed by atoms with Crippen molar-refractivity contribution in [3.63, 3.8) is 0 Å². The fourth-order valence-corrected chi connectivity index (χ4v) is 2.94. The number of rotatable bonds is 2. The summed E-state index contributed by atoms with van der Waals surface area (Å²) in [5, 5.41) is 4.02. The Bertz CT molecular complexity index is 682. The minimum Gasteiger partial charge on any atom is -0.315 e. The number of carbonyl (C=O) groups excluding carboxylic acids is 1. The van der Waals surface area contributed by atoms with Crippen molar-refractivity contribution < 1.29 is 18.0 Å². The molecule has 21 heavy (non-hydrogen) atoms. The van der Waals surface area contributed by atoms with E-state index in [-0.39, 0.29) is 25.1 Å². The fraction of sp³-hybridized carbons (Fsp3) is 0.312. The lowest BCUT2D eigenvalue weighted by Crippen LogP contribution is -2.46. The lowest BCUT2D eigenvalue weighted by molar-refractivity contribution is -0.197. The Kier molecular flexibility index (Phi) is 3.24. The molecule has 1 saturated heterocycles. The van der Waals surface area contributed by atoms with Crippen molar-refractivity contribution in [2.24, 2.45) is 5.41 Å². The van der Waals surface area contributed by atoms with Gasteiger partial charge in [0.05, 0.1) is 0 Å². The maximum absolute atomic E-state index is 13.5. The highest BCUT2D eigenvalue weighted by Gasteiger charge is 2.61. The molecular formula is C16H14F3NO. The second-order valence-corrected chi connectivity index (χ2v) is 5.36. The summed E-state index contributed by atoms with van der Waals surface area (Å²) >= 11 is 0. The Hall–Kier alpha value is -1.88. The normalized spacial score (nSPS) is 22.6. The zero-order chi connectivity index (χ0) is 15.1. The van der Waals surface area contributed by atoms with Crippen LogP contribution in [0.5, 0.6) is 0 Å². The van der Waals surface area contributed by atoms with Gasteiger partial charge >= 0.3 is 6.18 Å². The quantitative estimate of drug-likeness (QED) is 0.858. The molecule has 0 saturated carbocycles. The van der Waals surface area contributed by atoms with Gasteiger partial charge in [-0.2, -0.15) is 13.2 Å². The minimum absolute atomic E-state index is 0.147. The van der Waals surface area contributed by atoms with Crippen LogP contribution in [-0.2, 0) is 0 Å². The average Bonchev–Trinajstić information content (AvgIpc) is 2.96. The first-order valence-corrected chi connectivity index (χ1v) is 6.76. The first-order valence-electron chi connectivity index (χ1n) is 6.76. The molecule has 110 valence electrons. The molecule has 2 aromatic carbocycles. The standard InChI is InChI=1S/C16H14F3NO/c17-16(18,19)15(8-9-20-10-15)14(21)13-7-3-5-11-4-1-2-6-12(11)13/h1-7,20H,8-10H2. The molecule has 5 heteroatoms. The number of Topliss-reactive ketones (excluding diaryl/α,β-unsaturated/α-hetero) is 1. The summed E-state index contributed by atoms with van der Waals surface area (Å²) in [7, 11) is 0. The van der Waals surface area contributed by atoms with E-state index in [2.05, 4.69) is 5.32 Å². The van der Waals surface area contributed by atoms with Gasteiger partial charge in [-0.05, 0) is 23.7 Å². The van der Waals surface area contributed by atoms with Crippen LogP contribution in [0.2, 0.25) is 0 Å². The van der Waals surface area contributed by atoms with Crippen LogP contribution in [0, 0.1) is 5.41 Å². The Balaban J connectivity index is 2.16. The van der Waals surface area contributed by atoms with E-state index in [0.717, 1.165) is 5.39 Å². The van der Waals surface area contributed by atoms with Crippen molar-refractivity contribution in [1.29, 1.82) is 0 Å². The molecule has 0 aliphatic carbocycles. The number of fused-ring (bicyclic) bond motifs is 1. The van der Waals surface area contributed by atoms with E-state index in [1.54, 1.807) is 36.4 Å². The monoisotopic (exact) mass is 293 g/mol. The largest absolute Gasteiger partial charge is 0.402 e. The molecule has 1 heterocycles. The van der Waals surface area contributed by atoms with Gasteiger partial charge in [0.1, 0.15) is 5.41 Å². The number of carbonyl (C=O) groups is 1. The number of ketones is 1. The van der Waals surface area contributed by atoms with E-state index in [1.165, 1.54) is 6.07 Å². The molecule has 3 rings (SSSR count). The molecule has 1 aliphatic heterocycles. The molecule has 0 spiro atoms. The van der Waals surface area contributed by atoms with Crippen LogP contribution < -0.4 is 5.32 Å². The summed E-state index contributed by atoms with van der Waals surface area (Å²) in [6, 6.07) is 11.9. The topological polar surface area (TPSA) is 29.1 Å². The Labute approximate surface area is 120 Å². The smallest absolute Gasteiger partial charge is 0.315 e. The van der Waals surface area contributed by atoms with Crippen LogP contribution in [0.15, 0.2) is 42.5 Å². The highest BCUT2D eigenvalue weighted by molar-refractivity contribution is 6.11. The predicted molar refractivity (Wildman–Crippen MR) is 74.3 cm³/mol. The number of benzene rings is 2. The van der Waals surface area contributed by atoms with Gasteiger partial charge in [0, 0.05) is 12.1 Å². The molecule has 2 aromatic rings. The maximum atomic E-state index is 13.5. The molecule has 0 aromatic heterocycles. The number of hydrogen-bond acceptors (Lipinski definition) is 2. The number of halogens is 3. The van der Waals surface area contributed by atoms with Crippen molar-refractivity contribution in [3.05, 3.63) is 48.0 Å². The van der Waals surface area contributed by atoms with Gasteiger partial charge in [-0.1, -0.05) is 42.5 Å². The van der Waals surface area contributed by atoms with Crippen LogP contribution >= 0.6 is 0 Å². The van der Waals surface area contributed by atoms with Crippen molar-refractivity contribution in [3.8, 4) is 0 Å². The number of nitrogens with one attached hydrogen (secondary N) is 1. The fourth-order valence-electron chi connectivity index (χ4n) is 2.94. The summed E-state index contributed by atoms with van der Waals surface area (Å²) in [4.78, 5) is 12.7. The molecule has 1 fully saturated rings. The van der Waals surface area contributed by atoms with Crippen molar-refractivity contribution in [2.45, 2.75) is 12.6 Å². The number of alkyl halides is 3. The van der Waals surface area contributed by atoms with Crippen molar-refractivity contribution in [2.75, 3.05) is 13.1 Å². The molecule has 2 nitrogen and oxygen atoms in total. The van der Waals surface area contributed by atoms with Gasteiger partial charge in [0.2, 0.25) is 0 Å². The van der Waals surface area contributed by atoms with Crippen LogP contribution in [0.4, 0.5) is 13.2 Å². The Morgan fingerprint density at radius 1 is 1.10 bits per heavy atom. The molecule has 1 N–H and O–H groups in total. The summed E-state index contributed by atoms with van der Waals surface area (Å²) in [5.74, 6) is -0.836. The van der Waals surface area contributed by atoms with E-state index in [0.29, 0.717) is 5.39 Å². The second kappa shape index (κ2) is 4.84.